The Morgan fingerprint density at radius 1 is 0.842 bits per heavy atom. The third-order valence-corrected chi connectivity index (χ3v) is 8.09. The molecule has 38 heavy (non-hydrogen) atoms. The van der Waals surface area contributed by atoms with Crippen LogP contribution < -0.4 is 0 Å². The van der Waals surface area contributed by atoms with Gasteiger partial charge in [-0.2, -0.15) is 23.5 Å². The molecule has 1 saturated heterocycles. The van der Waals surface area contributed by atoms with Gasteiger partial charge in [0.25, 0.3) is 0 Å². The summed E-state index contributed by atoms with van der Waals surface area (Å²) in [7, 11) is 0. The standard InChI is InChI=1S/C29H38O7S2/c1-20(2)28(31)35-10-8-33-14-25-7-6-24(13-26(25)15-34-9-11-36-29(32)21(3)4)27(30)12-23-18-37-16-22(5)17-38-19-23/h6-7,13,23H,1,3,5,8-12,14-19H2,2,4H3. The lowest BCUT2D eigenvalue weighted by Gasteiger charge is -2.20. The Bertz CT molecular complexity index is 1010. The molecule has 7 nitrogen and oxygen atoms in total. The van der Waals surface area contributed by atoms with E-state index >= 15 is 0 Å². The van der Waals surface area contributed by atoms with Crippen LogP contribution in [0.2, 0.25) is 0 Å². The number of carbonyl (C=O) groups is 3. The van der Waals surface area contributed by atoms with E-state index in [1.54, 1.807) is 13.8 Å². The van der Waals surface area contributed by atoms with Gasteiger partial charge in [-0.3, -0.25) is 4.79 Å². The van der Waals surface area contributed by atoms with Gasteiger partial charge in [0.1, 0.15) is 13.2 Å². The maximum atomic E-state index is 13.1. The SMILES string of the molecule is C=C1CSCC(CC(=O)c2ccc(COCCOC(=O)C(=C)C)c(COCCOC(=O)C(=C)C)c2)CSC1. The highest BCUT2D eigenvalue weighted by molar-refractivity contribution is 8.01. The van der Waals surface area contributed by atoms with Crippen molar-refractivity contribution in [3.63, 3.8) is 0 Å². The number of esters is 2. The molecule has 208 valence electrons. The molecule has 1 aliphatic heterocycles. The van der Waals surface area contributed by atoms with Crippen LogP contribution in [-0.2, 0) is 41.8 Å². The summed E-state index contributed by atoms with van der Waals surface area (Å²) in [5.41, 5.74) is 4.23. The molecular weight excluding hydrogens is 524 g/mol. The Labute approximate surface area is 234 Å². The average molecular weight is 563 g/mol. The second-order valence-electron chi connectivity index (χ2n) is 9.19. The van der Waals surface area contributed by atoms with Gasteiger partial charge in [0.15, 0.2) is 5.78 Å². The Balaban J connectivity index is 1.98. The van der Waals surface area contributed by atoms with E-state index in [-0.39, 0.29) is 45.4 Å². The fraction of sp³-hybridized carbons (Fsp3) is 0.483. The molecule has 1 aromatic carbocycles. The number of thioether (sulfide) groups is 2. The number of ketones is 1. The fourth-order valence-electron chi connectivity index (χ4n) is 3.40. The third-order valence-electron chi connectivity index (χ3n) is 5.46. The number of hydrogen-bond donors (Lipinski definition) is 0. The zero-order chi connectivity index (χ0) is 27.9. The molecule has 0 N–H and O–H groups in total. The third kappa shape index (κ3) is 12.0. The van der Waals surface area contributed by atoms with E-state index in [1.165, 1.54) is 5.57 Å². The number of Topliss-reactive ketones (excluding diaryl/α,β-unsaturated/α-hetero) is 1. The fourth-order valence-corrected chi connectivity index (χ4v) is 5.83. The number of benzene rings is 1. The predicted molar refractivity (Wildman–Crippen MR) is 154 cm³/mol. The highest BCUT2D eigenvalue weighted by Gasteiger charge is 2.19. The number of rotatable bonds is 15. The molecule has 1 aromatic rings. The van der Waals surface area contributed by atoms with E-state index in [4.69, 9.17) is 18.9 Å². The van der Waals surface area contributed by atoms with E-state index < -0.39 is 11.9 Å². The molecule has 0 unspecified atom stereocenters. The van der Waals surface area contributed by atoms with Crippen molar-refractivity contribution in [3.8, 4) is 0 Å². The molecule has 0 spiro atoms. The molecular formula is C29H38O7S2. The molecule has 1 heterocycles. The summed E-state index contributed by atoms with van der Waals surface area (Å²) in [5, 5.41) is 0. The van der Waals surface area contributed by atoms with Gasteiger partial charge in [0.2, 0.25) is 0 Å². The van der Waals surface area contributed by atoms with Gasteiger partial charge in [-0.15, -0.1) is 0 Å². The van der Waals surface area contributed by atoms with Gasteiger partial charge in [0.05, 0.1) is 26.4 Å². The first kappa shape index (κ1) is 31.9. The van der Waals surface area contributed by atoms with Gasteiger partial charge in [0, 0.05) is 34.6 Å². The second kappa shape index (κ2) is 17.3. The van der Waals surface area contributed by atoms with Crippen LogP contribution >= 0.6 is 23.5 Å². The smallest absolute Gasteiger partial charge is 0.333 e. The van der Waals surface area contributed by atoms with E-state index in [2.05, 4.69) is 19.7 Å². The highest BCUT2D eigenvalue weighted by atomic mass is 32.2. The molecule has 9 heteroatoms. The Morgan fingerprint density at radius 3 is 1.89 bits per heavy atom. The predicted octanol–water partition coefficient (Wildman–Crippen LogP) is 5.18. The van der Waals surface area contributed by atoms with Crippen LogP contribution in [0.4, 0.5) is 0 Å². The zero-order valence-corrected chi connectivity index (χ0v) is 24.0. The lowest BCUT2D eigenvalue weighted by Crippen LogP contribution is -2.17. The molecule has 1 aliphatic rings. The molecule has 0 bridgehead atoms. The van der Waals surface area contributed by atoms with Crippen LogP contribution in [0.25, 0.3) is 0 Å². The molecule has 0 aliphatic carbocycles. The summed E-state index contributed by atoms with van der Waals surface area (Å²) in [6, 6.07) is 5.55. The van der Waals surface area contributed by atoms with Gasteiger partial charge in [-0.1, -0.05) is 37.4 Å². The van der Waals surface area contributed by atoms with Crippen molar-refractivity contribution in [2.24, 2.45) is 5.92 Å². The van der Waals surface area contributed by atoms with E-state index in [0.29, 0.717) is 29.0 Å². The first-order valence-corrected chi connectivity index (χ1v) is 14.8. The van der Waals surface area contributed by atoms with Crippen LogP contribution in [0.1, 0.15) is 41.8 Å². The first-order chi connectivity index (χ1) is 18.2. The normalized spacial score (nSPS) is 14.3. The van der Waals surface area contributed by atoms with Crippen molar-refractivity contribution in [3.05, 3.63) is 71.3 Å². The molecule has 0 radical (unpaired) electrons. The molecule has 2 rings (SSSR count). The zero-order valence-electron chi connectivity index (χ0n) is 22.4. The highest BCUT2D eigenvalue weighted by Crippen LogP contribution is 2.26. The summed E-state index contributed by atoms with van der Waals surface area (Å²) in [6.45, 7) is 15.5. The average Bonchev–Trinajstić information content (AvgIpc) is 2.86. The molecule has 0 amide bonds. The molecule has 1 fully saturated rings. The van der Waals surface area contributed by atoms with E-state index in [9.17, 15) is 14.4 Å². The monoisotopic (exact) mass is 562 g/mol. The first-order valence-electron chi connectivity index (χ1n) is 12.4. The lowest BCUT2D eigenvalue weighted by molar-refractivity contribution is -0.141. The quantitative estimate of drug-likeness (QED) is 0.0943. The van der Waals surface area contributed by atoms with Crippen molar-refractivity contribution >= 4 is 41.2 Å². The summed E-state index contributed by atoms with van der Waals surface area (Å²) < 4.78 is 21.6. The van der Waals surface area contributed by atoms with Gasteiger partial charge in [-0.05, 0) is 48.5 Å². The summed E-state index contributed by atoms with van der Waals surface area (Å²) in [5.74, 6) is 3.28. The Morgan fingerprint density at radius 2 is 1.37 bits per heavy atom. The van der Waals surface area contributed by atoms with Crippen molar-refractivity contribution in [2.75, 3.05) is 49.4 Å². The summed E-state index contributed by atoms with van der Waals surface area (Å²) in [4.78, 5) is 36.2. The minimum absolute atomic E-state index is 0.103. The van der Waals surface area contributed by atoms with Crippen LogP contribution in [0.15, 0.2) is 54.7 Å². The topological polar surface area (TPSA) is 88.1 Å². The molecule has 0 aromatic heterocycles. The van der Waals surface area contributed by atoms with Crippen LogP contribution in [0.3, 0.4) is 0 Å². The van der Waals surface area contributed by atoms with Crippen molar-refractivity contribution < 1.29 is 33.3 Å². The maximum Gasteiger partial charge on any atom is 0.333 e. The summed E-state index contributed by atoms with van der Waals surface area (Å²) in [6.07, 6.45) is 0.494. The molecule has 0 saturated carbocycles. The number of hydrogen-bond acceptors (Lipinski definition) is 9. The van der Waals surface area contributed by atoms with Crippen LogP contribution in [0, 0.1) is 5.92 Å². The second-order valence-corrected chi connectivity index (χ2v) is 11.3. The largest absolute Gasteiger partial charge is 0.460 e. The van der Waals surface area contributed by atoms with Crippen molar-refractivity contribution in [1.29, 1.82) is 0 Å². The van der Waals surface area contributed by atoms with Crippen molar-refractivity contribution in [2.45, 2.75) is 33.5 Å². The minimum atomic E-state index is -0.461. The lowest BCUT2D eigenvalue weighted by atomic mass is 9.97. The Hall–Kier alpha value is -2.33. The van der Waals surface area contributed by atoms with E-state index in [0.717, 1.165) is 34.1 Å². The van der Waals surface area contributed by atoms with Gasteiger partial charge in [-0.25, -0.2) is 9.59 Å². The minimum Gasteiger partial charge on any atom is -0.460 e. The van der Waals surface area contributed by atoms with Crippen LogP contribution in [-0.4, -0.2) is 67.2 Å². The van der Waals surface area contributed by atoms with Crippen molar-refractivity contribution in [1.82, 2.24) is 0 Å². The summed E-state index contributed by atoms with van der Waals surface area (Å²) >= 11 is 3.69. The van der Waals surface area contributed by atoms with Gasteiger partial charge >= 0.3 is 11.9 Å². The Kier molecular flexibility index (Phi) is 14.5. The number of carbonyl (C=O) groups excluding carboxylic acids is 3. The van der Waals surface area contributed by atoms with Crippen LogP contribution in [0.5, 0.6) is 0 Å². The van der Waals surface area contributed by atoms with E-state index in [1.807, 2.05) is 41.7 Å². The molecule has 0 atom stereocenters. The number of ether oxygens (including phenoxy) is 4. The maximum absolute atomic E-state index is 13.1. The van der Waals surface area contributed by atoms with Gasteiger partial charge < -0.3 is 18.9 Å².